The van der Waals surface area contributed by atoms with Crippen molar-refractivity contribution in [3.8, 4) is 17.1 Å². The lowest BCUT2D eigenvalue weighted by Crippen LogP contribution is -2.11. The molecule has 0 bridgehead atoms. The normalized spacial score (nSPS) is 10.9. The molecule has 112 valence electrons. The van der Waals surface area contributed by atoms with Crippen molar-refractivity contribution in [2.24, 2.45) is 0 Å². The maximum Gasteiger partial charge on any atom is 0.192 e. The SMILES string of the molecule is O=c1cc(-c2ccccc2Cl)oc2c(N([O-])O)ccc([O-])c12. The van der Waals surface area contributed by atoms with E-state index in [0.717, 1.165) is 18.2 Å². The van der Waals surface area contributed by atoms with Gasteiger partial charge in [0.15, 0.2) is 11.0 Å². The molecule has 3 rings (SSSR count). The molecule has 3 aromatic rings. The highest BCUT2D eigenvalue weighted by atomic mass is 35.5. The lowest BCUT2D eigenvalue weighted by atomic mass is 10.1. The van der Waals surface area contributed by atoms with Crippen LogP contribution in [0.2, 0.25) is 5.02 Å². The number of fused-ring (bicyclic) bond motifs is 1. The largest absolute Gasteiger partial charge is 0.872 e. The van der Waals surface area contributed by atoms with Crippen molar-refractivity contribution >= 4 is 28.3 Å². The molecule has 0 radical (unpaired) electrons. The molecular formula is C15H8ClNO5-2. The van der Waals surface area contributed by atoms with Gasteiger partial charge in [-0.2, -0.15) is 0 Å². The van der Waals surface area contributed by atoms with Gasteiger partial charge >= 0.3 is 0 Å². The van der Waals surface area contributed by atoms with E-state index < -0.39 is 16.4 Å². The molecular weight excluding hydrogens is 310 g/mol. The molecule has 1 heterocycles. The van der Waals surface area contributed by atoms with Crippen LogP contribution in [0.4, 0.5) is 5.69 Å². The zero-order valence-corrected chi connectivity index (χ0v) is 11.7. The van der Waals surface area contributed by atoms with E-state index in [1.54, 1.807) is 24.3 Å². The standard InChI is InChI=1S/C15H9ClNO5/c16-9-4-2-1-3-8(9)13-7-12(19)14-11(18)6-5-10(17(20)21)15(14)22-13/h1-7,18,20H/q-1/p-1. The van der Waals surface area contributed by atoms with Crippen molar-refractivity contribution in [2.45, 2.75) is 0 Å². The Morgan fingerprint density at radius 2 is 1.91 bits per heavy atom. The average Bonchev–Trinajstić information content (AvgIpc) is 2.47. The third-order valence-electron chi connectivity index (χ3n) is 3.16. The van der Waals surface area contributed by atoms with Crippen molar-refractivity contribution in [3.05, 3.63) is 62.9 Å². The van der Waals surface area contributed by atoms with Gasteiger partial charge in [-0.25, -0.2) is 0 Å². The van der Waals surface area contributed by atoms with E-state index in [2.05, 4.69) is 0 Å². The Morgan fingerprint density at radius 1 is 1.18 bits per heavy atom. The minimum Gasteiger partial charge on any atom is -0.872 e. The van der Waals surface area contributed by atoms with E-state index in [1.807, 2.05) is 0 Å². The maximum absolute atomic E-state index is 12.2. The number of benzene rings is 2. The molecule has 0 fully saturated rings. The summed E-state index contributed by atoms with van der Waals surface area (Å²) >= 11 is 6.05. The van der Waals surface area contributed by atoms with Crippen LogP contribution in [0.3, 0.4) is 0 Å². The van der Waals surface area contributed by atoms with E-state index in [1.165, 1.54) is 0 Å². The topological polar surface area (TPSA) is 99.8 Å². The number of nitrogens with zero attached hydrogens (tertiary/aromatic N) is 1. The van der Waals surface area contributed by atoms with Crippen LogP contribution in [-0.2, 0) is 0 Å². The van der Waals surface area contributed by atoms with Gasteiger partial charge in [-0.3, -0.25) is 10.0 Å². The van der Waals surface area contributed by atoms with Crippen LogP contribution in [0, 0.1) is 5.21 Å². The van der Waals surface area contributed by atoms with Crippen molar-refractivity contribution in [3.63, 3.8) is 0 Å². The lowest BCUT2D eigenvalue weighted by molar-refractivity contribution is -0.265. The summed E-state index contributed by atoms with van der Waals surface area (Å²) in [5.41, 5.74) is -0.807. The molecule has 1 N–H and O–H groups in total. The second-order valence-electron chi connectivity index (χ2n) is 4.51. The quantitative estimate of drug-likeness (QED) is 0.729. The molecule has 6 nitrogen and oxygen atoms in total. The molecule has 7 heteroatoms. The zero-order valence-electron chi connectivity index (χ0n) is 10.9. The van der Waals surface area contributed by atoms with Crippen LogP contribution in [0.5, 0.6) is 5.75 Å². The van der Waals surface area contributed by atoms with Gasteiger partial charge in [-0.1, -0.05) is 35.5 Å². The lowest BCUT2D eigenvalue weighted by Gasteiger charge is -2.24. The Hall–Kier alpha value is -2.54. The molecule has 0 atom stereocenters. The van der Waals surface area contributed by atoms with Gasteiger partial charge in [0.1, 0.15) is 5.76 Å². The van der Waals surface area contributed by atoms with Gasteiger partial charge in [-0.15, -0.1) is 0 Å². The van der Waals surface area contributed by atoms with Crippen molar-refractivity contribution in [1.29, 1.82) is 0 Å². The monoisotopic (exact) mass is 317 g/mol. The number of hydrogen-bond acceptors (Lipinski definition) is 6. The van der Waals surface area contributed by atoms with Crippen molar-refractivity contribution in [2.75, 3.05) is 5.23 Å². The first kappa shape index (κ1) is 14.4. The Kier molecular flexibility index (Phi) is 3.50. The molecule has 0 aliphatic rings. The molecule has 1 aromatic heterocycles. The second-order valence-corrected chi connectivity index (χ2v) is 4.92. The Morgan fingerprint density at radius 3 is 2.59 bits per heavy atom. The van der Waals surface area contributed by atoms with Crippen LogP contribution >= 0.6 is 11.6 Å². The van der Waals surface area contributed by atoms with Crippen LogP contribution < -0.4 is 15.8 Å². The van der Waals surface area contributed by atoms with Gasteiger partial charge in [0.25, 0.3) is 0 Å². The molecule has 0 aliphatic heterocycles. The van der Waals surface area contributed by atoms with Crippen LogP contribution in [0.1, 0.15) is 0 Å². The van der Waals surface area contributed by atoms with Crippen LogP contribution in [-0.4, -0.2) is 5.21 Å². The first-order chi connectivity index (χ1) is 10.5. The van der Waals surface area contributed by atoms with E-state index in [4.69, 9.17) is 21.2 Å². The fourth-order valence-corrected chi connectivity index (χ4v) is 2.39. The van der Waals surface area contributed by atoms with Crippen LogP contribution in [0.15, 0.2) is 51.7 Å². The van der Waals surface area contributed by atoms with Gasteiger partial charge < -0.3 is 20.0 Å². The number of anilines is 1. The second kappa shape index (κ2) is 5.34. The van der Waals surface area contributed by atoms with E-state index in [9.17, 15) is 15.1 Å². The van der Waals surface area contributed by atoms with Crippen molar-refractivity contribution in [1.82, 2.24) is 0 Å². The van der Waals surface area contributed by atoms with E-state index in [0.29, 0.717) is 10.6 Å². The fraction of sp³-hybridized carbons (Fsp3) is 0. The third-order valence-corrected chi connectivity index (χ3v) is 3.49. The van der Waals surface area contributed by atoms with Crippen molar-refractivity contribution < 1.29 is 14.7 Å². The van der Waals surface area contributed by atoms with E-state index in [-0.39, 0.29) is 22.4 Å². The summed E-state index contributed by atoms with van der Waals surface area (Å²) in [6.45, 7) is 0. The Bertz CT molecular complexity index is 919. The summed E-state index contributed by atoms with van der Waals surface area (Å²) in [6.07, 6.45) is 0. The molecule has 0 saturated heterocycles. The summed E-state index contributed by atoms with van der Waals surface area (Å²) in [5.74, 6) is -0.503. The smallest absolute Gasteiger partial charge is 0.192 e. The molecule has 22 heavy (non-hydrogen) atoms. The number of hydrogen-bond donors (Lipinski definition) is 1. The summed E-state index contributed by atoms with van der Waals surface area (Å²) in [4.78, 5) is 12.2. The summed E-state index contributed by atoms with van der Waals surface area (Å²) < 4.78 is 5.50. The highest BCUT2D eigenvalue weighted by Crippen LogP contribution is 2.34. The number of rotatable bonds is 2. The Labute approximate surface area is 128 Å². The highest BCUT2D eigenvalue weighted by Gasteiger charge is 2.13. The summed E-state index contributed by atoms with van der Waals surface area (Å²) in [6, 6.07) is 9.86. The van der Waals surface area contributed by atoms with E-state index >= 15 is 0 Å². The average molecular weight is 318 g/mol. The minimum atomic E-state index is -0.620. The summed E-state index contributed by atoms with van der Waals surface area (Å²) in [7, 11) is 0. The molecule has 0 amide bonds. The first-order valence-corrected chi connectivity index (χ1v) is 6.56. The minimum absolute atomic E-state index is 0.0943. The molecule has 0 spiro atoms. The predicted octanol–water partition coefficient (Wildman–Crippen LogP) is 2.88. The van der Waals surface area contributed by atoms with Crippen LogP contribution in [0.25, 0.3) is 22.3 Å². The highest BCUT2D eigenvalue weighted by molar-refractivity contribution is 6.33. The molecule has 0 aliphatic carbocycles. The first-order valence-electron chi connectivity index (χ1n) is 6.18. The number of halogens is 1. The molecule has 2 aromatic carbocycles. The van der Waals surface area contributed by atoms with Gasteiger partial charge in [-0.05, 0) is 18.2 Å². The van der Waals surface area contributed by atoms with Gasteiger partial charge in [0.05, 0.1) is 16.1 Å². The zero-order chi connectivity index (χ0) is 15.9. The molecule has 0 unspecified atom stereocenters. The third kappa shape index (κ3) is 2.29. The summed E-state index contributed by atoms with van der Waals surface area (Å²) in [5, 5.41) is 31.7. The van der Waals surface area contributed by atoms with Gasteiger partial charge in [0, 0.05) is 11.6 Å². The predicted molar refractivity (Wildman–Crippen MR) is 80.0 cm³/mol. The molecule has 0 saturated carbocycles. The fourth-order valence-electron chi connectivity index (χ4n) is 2.17. The Balaban J connectivity index is 2.39. The maximum atomic E-state index is 12.2. The van der Waals surface area contributed by atoms with Gasteiger partial charge in [0.2, 0.25) is 0 Å².